The average molecular weight is 208 g/mol. The lowest BCUT2D eigenvalue weighted by Gasteiger charge is -2.30. The zero-order valence-electron chi connectivity index (χ0n) is 8.14. The van der Waals surface area contributed by atoms with Gasteiger partial charge in [0.25, 0.3) is 0 Å². The molecule has 0 aromatic carbocycles. The Morgan fingerprint density at radius 1 is 1.36 bits per heavy atom. The second-order valence-electron chi connectivity index (χ2n) is 3.33. The van der Waals surface area contributed by atoms with Crippen LogP contribution in [0, 0.1) is 5.92 Å². The number of aliphatic carboxylic acids is 1. The maximum absolute atomic E-state index is 12.9. The van der Waals surface area contributed by atoms with Gasteiger partial charge in [-0.2, -0.15) is 8.78 Å². The fraction of sp³-hybridized carbons (Fsp3) is 0.750. The van der Waals surface area contributed by atoms with Crippen LogP contribution in [0.25, 0.3) is 0 Å². The Morgan fingerprint density at radius 2 is 1.79 bits per heavy atom. The molecule has 0 aliphatic heterocycles. The van der Waals surface area contributed by atoms with E-state index in [9.17, 15) is 23.5 Å². The largest absolute Gasteiger partial charge is 0.544 e. The molecule has 0 radical (unpaired) electrons. The van der Waals surface area contributed by atoms with Gasteiger partial charge in [0, 0.05) is 6.92 Å². The summed E-state index contributed by atoms with van der Waals surface area (Å²) >= 11 is 0. The maximum atomic E-state index is 12.9. The number of alkyl halides is 2. The van der Waals surface area contributed by atoms with Crippen LogP contribution in [-0.4, -0.2) is 23.8 Å². The van der Waals surface area contributed by atoms with Crippen LogP contribution in [0.2, 0.25) is 0 Å². The van der Waals surface area contributed by atoms with Crippen LogP contribution in [0.1, 0.15) is 20.8 Å². The summed E-state index contributed by atoms with van der Waals surface area (Å²) in [5.74, 6) is -7.94. The van der Waals surface area contributed by atoms with Crippen LogP contribution in [-0.2, 0) is 9.59 Å². The second kappa shape index (κ2) is 4.34. The van der Waals surface area contributed by atoms with Gasteiger partial charge in [0.05, 0.1) is 0 Å². The van der Waals surface area contributed by atoms with Gasteiger partial charge in [0.15, 0.2) is 0 Å². The normalized spacial score (nSPS) is 13.9. The fourth-order valence-electron chi connectivity index (χ4n) is 1.02. The number of carboxylic acid groups (broad SMARTS) is 1. The maximum Gasteiger partial charge on any atom is 0.307 e. The highest BCUT2D eigenvalue weighted by Gasteiger charge is 2.43. The highest BCUT2D eigenvalue weighted by Crippen LogP contribution is 2.23. The number of carbonyl (C=O) groups is 2. The minimum Gasteiger partial charge on any atom is -0.544 e. The van der Waals surface area contributed by atoms with E-state index < -0.39 is 29.8 Å². The Morgan fingerprint density at radius 3 is 2.00 bits per heavy atom. The first kappa shape index (κ1) is 12.8. The molecule has 0 spiro atoms. The quantitative estimate of drug-likeness (QED) is 0.679. The van der Waals surface area contributed by atoms with Crippen molar-refractivity contribution < 1.29 is 23.5 Å². The molecular formula is C8H12F2NO3-. The molecule has 1 unspecified atom stereocenters. The van der Waals surface area contributed by atoms with Gasteiger partial charge in [-0.25, -0.2) is 0 Å². The van der Waals surface area contributed by atoms with E-state index >= 15 is 0 Å². The molecule has 0 bridgehead atoms. The number of hydrogen-bond donors (Lipinski definition) is 1. The summed E-state index contributed by atoms with van der Waals surface area (Å²) in [6.07, 6.45) is 0. The van der Waals surface area contributed by atoms with E-state index in [0.29, 0.717) is 0 Å². The molecule has 1 atom stereocenters. The van der Waals surface area contributed by atoms with Gasteiger partial charge < -0.3 is 15.2 Å². The molecular weight excluding hydrogens is 196 g/mol. The molecule has 14 heavy (non-hydrogen) atoms. The molecule has 0 heterocycles. The van der Waals surface area contributed by atoms with E-state index in [1.54, 1.807) is 0 Å². The van der Waals surface area contributed by atoms with Crippen molar-refractivity contribution in [2.24, 2.45) is 5.92 Å². The monoisotopic (exact) mass is 208 g/mol. The average Bonchev–Trinajstić information content (AvgIpc) is 1.98. The molecule has 1 N–H and O–H groups in total. The molecule has 1 amide bonds. The molecule has 6 heteroatoms. The number of hydrogen-bond acceptors (Lipinski definition) is 3. The van der Waals surface area contributed by atoms with Gasteiger partial charge in [-0.05, 0) is 5.92 Å². The minimum absolute atomic E-state index is 0.702. The molecule has 0 aromatic rings. The van der Waals surface area contributed by atoms with E-state index in [1.165, 1.54) is 13.8 Å². The number of nitrogens with one attached hydrogen (secondary N) is 1. The van der Waals surface area contributed by atoms with Crippen molar-refractivity contribution in [2.75, 3.05) is 0 Å². The van der Waals surface area contributed by atoms with E-state index in [4.69, 9.17) is 0 Å². The number of amides is 1. The predicted octanol–water partition coefficient (Wildman–Crippen LogP) is -0.468. The van der Waals surface area contributed by atoms with Gasteiger partial charge in [0.2, 0.25) is 5.91 Å². The van der Waals surface area contributed by atoms with Crippen molar-refractivity contribution in [3.63, 3.8) is 0 Å². The summed E-state index contributed by atoms with van der Waals surface area (Å²) in [7, 11) is 0. The van der Waals surface area contributed by atoms with E-state index in [1.807, 2.05) is 5.32 Å². The van der Waals surface area contributed by atoms with Crippen LogP contribution in [0.4, 0.5) is 8.78 Å². The molecule has 82 valence electrons. The standard InChI is InChI=1S/C8H13F2NO3/c1-4(2)6(11-5(3)12)8(9,10)7(13)14/h4,6H,1-3H3,(H,11,12)(H,13,14)/p-1. The van der Waals surface area contributed by atoms with Crippen LogP contribution >= 0.6 is 0 Å². The van der Waals surface area contributed by atoms with Gasteiger partial charge in [-0.1, -0.05) is 13.8 Å². The van der Waals surface area contributed by atoms with Crippen molar-refractivity contribution in [2.45, 2.75) is 32.7 Å². The zero-order valence-corrected chi connectivity index (χ0v) is 8.14. The molecule has 0 fully saturated rings. The lowest BCUT2D eigenvalue weighted by Crippen LogP contribution is -2.58. The van der Waals surface area contributed by atoms with Crippen LogP contribution in [0.3, 0.4) is 0 Å². The summed E-state index contributed by atoms with van der Waals surface area (Å²) in [4.78, 5) is 20.7. The van der Waals surface area contributed by atoms with Gasteiger partial charge in [0.1, 0.15) is 12.0 Å². The van der Waals surface area contributed by atoms with E-state index in [-0.39, 0.29) is 0 Å². The lowest BCUT2D eigenvalue weighted by molar-refractivity contribution is -0.332. The van der Waals surface area contributed by atoms with Crippen molar-refractivity contribution in [3.8, 4) is 0 Å². The van der Waals surface area contributed by atoms with Crippen LogP contribution in [0.5, 0.6) is 0 Å². The first-order valence-corrected chi connectivity index (χ1v) is 4.06. The fourth-order valence-corrected chi connectivity index (χ4v) is 1.02. The first-order chi connectivity index (χ1) is 6.19. The number of rotatable bonds is 4. The van der Waals surface area contributed by atoms with Gasteiger partial charge in [-0.3, -0.25) is 4.79 Å². The SMILES string of the molecule is CC(=O)NC(C(C)C)C(F)(F)C(=O)[O-]. The van der Waals surface area contributed by atoms with Crippen molar-refractivity contribution in [3.05, 3.63) is 0 Å². The molecule has 0 aromatic heterocycles. The third-order valence-electron chi connectivity index (χ3n) is 1.69. The van der Waals surface area contributed by atoms with E-state index in [0.717, 1.165) is 6.92 Å². The Kier molecular flexibility index (Phi) is 3.97. The summed E-state index contributed by atoms with van der Waals surface area (Å²) in [6, 6.07) is -1.75. The Bertz CT molecular complexity index is 241. The van der Waals surface area contributed by atoms with Gasteiger partial charge in [-0.15, -0.1) is 0 Å². The minimum atomic E-state index is -4.06. The first-order valence-electron chi connectivity index (χ1n) is 4.06. The highest BCUT2D eigenvalue weighted by molar-refractivity contribution is 5.78. The molecule has 0 rings (SSSR count). The highest BCUT2D eigenvalue weighted by atomic mass is 19.3. The Hall–Kier alpha value is -1.20. The second-order valence-corrected chi connectivity index (χ2v) is 3.33. The molecule has 4 nitrogen and oxygen atoms in total. The third-order valence-corrected chi connectivity index (χ3v) is 1.69. The molecule has 0 saturated heterocycles. The van der Waals surface area contributed by atoms with Crippen molar-refractivity contribution >= 4 is 11.9 Å². The molecule has 0 saturated carbocycles. The summed E-state index contributed by atoms with van der Waals surface area (Å²) < 4.78 is 25.9. The van der Waals surface area contributed by atoms with Crippen LogP contribution in [0.15, 0.2) is 0 Å². The lowest BCUT2D eigenvalue weighted by atomic mass is 9.97. The third kappa shape index (κ3) is 2.93. The Labute approximate surface area is 80.3 Å². The van der Waals surface area contributed by atoms with E-state index in [2.05, 4.69) is 0 Å². The predicted molar refractivity (Wildman–Crippen MR) is 42.4 cm³/mol. The Balaban J connectivity index is 4.81. The zero-order chi connectivity index (χ0) is 11.5. The summed E-state index contributed by atoms with van der Waals surface area (Å²) in [5.41, 5.74) is 0. The number of carbonyl (C=O) groups excluding carboxylic acids is 2. The summed E-state index contributed by atoms with van der Waals surface area (Å²) in [6.45, 7) is 3.82. The molecule has 0 aliphatic rings. The number of halogens is 2. The topological polar surface area (TPSA) is 69.2 Å². The smallest absolute Gasteiger partial charge is 0.307 e. The van der Waals surface area contributed by atoms with Crippen molar-refractivity contribution in [1.29, 1.82) is 0 Å². The van der Waals surface area contributed by atoms with Crippen LogP contribution < -0.4 is 10.4 Å². The van der Waals surface area contributed by atoms with Crippen molar-refractivity contribution in [1.82, 2.24) is 5.32 Å². The van der Waals surface area contributed by atoms with Gasteiger partial charge >= 0.3 is 5.92 Å². The number of carboxylic acids is 1. The molecule has 0 aliphatic carbocycles. The summed E-state index contributed by atoms with van der Waals surface area (Å²) in [5, 5.41) is 12.0.